The predicted molar refractivity (Wildman–Crippen MR) is 104 cm³/mol. The molecule has 1 amide bonds. The van der Waals surface area contributed by atoms with Gasteiger partial charge < -0.3 is 10.6 Å². The van der Waals surface area contributed by atoms with Gasteiger partial charge >= 0.3 is 0 Å². The fourth-order valence-corrected chi connectivity index (χ4v) is 5.56. The highest BCUT2D eigenvalue weighted by atomic mass is 32.2. The lowest BCUT2D eigenvalue weighted by atomic mass is 9.97. The molecule has 2 rings (SSSR count). The highest BCUT2D eigenvalue weighted by Gasteiger charge is 2.34. The van der Waals surface area contributed by atoms with Gasteiger partial charge in [0.1, 0.15) is 0 Å². The minimum Gasteiger partial charge on any atom is -0.355 e. The number of amides is 1. The second-order valence-corrected chi connectivity index (χ2v) is 9.04. The molecule has 1 aromatic carbocycles. The molecule has 1 heterocycles. The smallest absolute Gasteiger partial charge is 0.243 e. The van der Waals surface area contributed by atoms with Gasteiger partial charge in [0.15, 0.2) is 0 Å². The van der Waals surface area contributed by atoms with Crippen molar-refractivity contribution in [2.24, 2.45) is 5.92 Å². The van der Waals surface area contributed by atoms with Crippen LogP contribution in [0.25, 0.3) is 0 Å². The number of nitrogens with zero attached hydrogens (tertiary/aromatic N) is 1. The number of aryl methyl sites for hydroxylation is 2. The lowest BCUT2D eigenvalue weighted by Crippen LogP contribution is -2.44. The summed E-state index contributed by atoms with van der Waals surface area (Å²) < 4.78 is 28.0. The molecule has 1 aromatic rings. The summed E-state index contributed by atoms with van der Waals surface area (Å²) in [5.41, 5.74) is 3.62. The number of likely N-dealkylation sites (N-methyl/N-ethyl adjacent to an activating group) is 1. The second-order valence-electron chi connectivity index (χ2n) is 7.16. The van der Waals surface area contributed by atoms with Crippen LogP contribution in [0.2, 0.25) is 0 Å². The van der Waals surface area contributed by atoms with E-state index in [1.807, 2.05) is 40.8 Å². The zero-order valence-corrected chi connectivity index (χ0v) is 17.3. The molecule has 7 heteroatoms. The van der Waals surface area contributed by atoms with E-state index < -0.39 is 10.0 Å². The summed E-state index contributed by atoms with van der Waals surface area (Å²) in [4.78, 5) is 12.6. The Hall–Kier alpha value is -1.44. The summed E-state index contributed by atoms with van der Waals surface area (Å²) in [7, 11) is -1.71. The highest BCUT2D eigenvalue weighted by Crippen LogP contribution is 2.31. The van der Waals surface area contributed by atoms with Gasteiger partial charge in [0.25, 0.3) is 0 Å². The van der Waals surface area contributed by atoms with Crippen LogP contribution in [0.3, 0.4) is 0 Å². The van der Waals surface area contributed by atoms with Crippen molar-refractivity contribution in [2.75, 3.05) is 33.2 Å². The molecular weight excluding hydrogens is 350 g/mol. The number of benzene rings is 1. The Balaban J connectivity index is 2.13. The first-order valence-corrected chi connectivity index (χ1v) is 10.6. The molecule has 6 nitrogen and oxygen atoms in total. The van der Waals surface area contributed by atoms with Gasteiger partial charge in [-0.05, 0) is 69.8 Å². The molecule has 0 spiro atoms. The third-order valence-corrected chi connectivity index (χ3v) is 7.57. The maximum absolute atomic E-state index is 13.2. The first kappa shape index (κ1) is 20.9. The number of carbonyl (C=O) groups excluding carboxylic acids is 1. The van der Waals surface area contributed by atoms with Crippen LogP contribution >= 0.6 is 0 Å². The number of sulfonamides is 1. The van der Waals surface area contributed by atoms with Crippen LogP contribution in [0.4, 0.5) is 0 Å². The molecule has 2 N–H and O–H groups in total. The molecule has 0 bridgehead atoms. The van der Waals surface area contributed by atoms with E-state index in [4.69, 9.17) is 0 Å². The average molecular weight is 382 g/mol. The lowest BCUT2D eigenvalue weighted by Gasteiger charge is -2.31. The van der Waals surface area contributed by atoms with Crippen LogP contribution in [-0.2, 0) is 14.8 Å². The van der Waals surface area contributed by atoms with Crippen LogP contribution in [0.1, 0.15) is 35.1 Å². The van der Waals surface area contributed by atoms with Crippen molar-refractivity contribution >= 4 is 15.9 Å². The van der Waals surface area contributed by atoms with E-state index in [0.717, 1.165) is 28.8 Å². The van der Waals surface area contributed by atoms with Crippen molar-refractivity contribution in [1.29, 1.82) is 0 Å². The standard InChI is InChI=1S/C19H31N3O3S/c1-13-12-14(2)16(4)18(15(13)3)26(24,25)22-10-6-17(7-11-22)19(23)21-9-8-20-5/h12,17,20H,6-11H2,1-5H3,(H,21,23). The zero-order chi connectivity index (χ0) is 19.5. The van der Waals surface area contributed by atoms with Crippen molar-refractivity contribution in [1.82, 2.24) is 14.9 Å². The van der Waals surface area contributed by atoms with Gasteiger partial charge in [-0.15, -0.1) is 0 Å². The molecule has 26 heavy (non-hydrogen) atoms. The van der Waals surface area contributed by atoms with E-state index in [2.05, 4.69) is 10.6 Å². The van der Waals surface area contributed by atoms with Gasteiger partial charge in [-0.25, -0.2) is 8.42 Å². The SMILES string of the molecule is CNCCNC(=O)C1CCN(S(=O)(=O)c2c(C)c(C)cc(C)c2C)CC1. The Labute approximate surface area is 157 Å². The molecule has 0 aromatic heterocycles. The van der Waals surface area contributed by atoms with Crippen molar-refractivity contribution in [3.63, 3.8) is 0 Å². The zero-order valence-electron chi connectivity index (χ0n) is 16.5. The molecule has 0 saturated carbocycles. The summed E-state index contributed by atoms with van der Waals surface area (Å²) in [6.07, 6.45) is 1.13. The molecule has 1 fully saturated rings. The minimum absolute atomic E-state index is 0.0241. The van der Waals surface area contributed by atoms with Crippen molar-refractivity contribution in [2.45, 2.75) is 45.4 Å². The number of hydrogen-bond donors (Lipinski definition) is 2. The van der Waals surface area contributed by atoms with Crippen LogP contribution < -0.4 is 10.6 Å². The Morgan fingerprint density at radius 2 is 1.62 bits per heavy atom. The monoisotopic (exact) mass is 381 g/mol. The number of carbonyl (C=O) groups is 1. The molecule has 0 unspecified atom stereocenters. The van der Waals surface area contributed by atoms with Gasteiger partial charge in [-0.3, -0.25) is 4.79 Å². The Morgan fingerprint density at radius 3 is 2.12 bits per heavy atom. The van der Waals surface area contributed by atoms with E-state index in [9.17, 15) is 13.2 Å². The molecule has 146 valence electrons. The molecule has 0 atom stereocenters. The van der Waals surface area contributed by atoms with Gasteiger partial charge in [-0.1, -0.05) is 6.07 Å². The van der Waals surface area contributed by atoms with Crippen LogP contribution in [-0.4, -0.2) is 51.9 Å². The number of hydrogen-bond acceptors (Lipinski definition) is 4. The molecule has 0 aliphatic carbocycles. The predicted octanol–water partition coefficient (Wildman–Crippen LogP) is 1.66. The fraction of sp³-hybridized carbons (Fsp3) is 0.632. The largest absolute Gasteiger partial charge is 0.355 e. The topological polar surface area (TPSA) is 78.5 Å². The Morgan fingerprint density at radius 1 is 1.08 bits per heavy atom. The second kappa shape index (κ2) is 8.50. The first-order valence-electron chi connectivity index (χ1n) is 9.20. The van der Waals surface area contributed by atoms with E-state index in [1.165, 1.54) is 0 Å². The van der Waals surface area contributed by atoms with Crippen LogP contribution in [0.5, 0.6) is 0 Å². The van der Waals surface area contributed by atoms with Gasteiger partial charge in [0, 0.05) is 32.1 Å². The summed E-state index contributed by atoms with van der Waals surface area (Å²) in [6, 6.07) is 2.03. The normalized spacial score (nSPS) is 16.7. The van der Waals surface area contributed by atoms with Gasteiger partial charge in [0.2, 0.25) is 15.9 Å². The van der Waals surface area contributed by atoms with Gasteiger partial charge in [0.05, 0.1) is 4.90 Å². The maximum Gasteiger partial charge on any atom is 0.243 e. The van der Waals surface area contributed by atoms with E-state index >= 15 is 0 Å². The van der Waals surface area contributed by atoms with Crippen molar-refractivity contribution in [3.8, 4) is 0 Å². The van der Waals surface area contributed by atoms with Crippen LogP contribution in [0.15, 0.2) is 11.0 Å². The number of rotatable bonds is 6. The minimum atomic E-state index is -3.55. The van der Waals surface area contributed by atoms with Gasteiger partial charge in [-0.2, -0.15) is 4.31 Å². The lowest BCUT2D eigenvalue weighted by molar-refractivity contribution is -0.126. The maximum atomic E-state index is 13.2. The van der Waals surface area contributed by atoms with Crippen LogP contribution in [0, 0.1) is 33.6 Å². The van der Waals surface area contributed by atoms with Crippen molar-refractivity contribution < 1.29 is 13.2 Å². The summed E-state index contributed by atoms with van der Waals surface area (Å²) >= 11 is 0. The quantitative estimate of drug-likeness (QED) is 0.735. The molecule has 1 aliphatic heterocycles. The molecule has 1 saturated heterocycles. The molecular formula is C19H31N3O3S. The summed E-state index contributed by atoms with van der Waals surface area (Å²) in [5, 5.41) is 5.89. The number of piperidine rings is 1. The number of nitrogens with one attached hydrogen (secondary N) is 2. The van der Waals surface area contributed by atoms with E-state index in [1.54, 1.807) is 4.31 Å². The van der Waals surface area contributed by atoms with E-state index in [0.29, 0.717) is 37.4 Å². The average Bonchev–Trinajstić information content (AvgIpc) is 2.60. The highest BCUT2D eigenvalue weighted by molar-refractivity contribution is 7.89. The summed E-state index contributed by atoms with van der Waals surface area (Å²) in [5.74, 6) is -0.0872. The van der Waals surface area contributed by atoms with E-state index in [-0.39, 0.29) is 11.8 Å². The Bertz CT molecular complexity index is 740. The first-order chi connectivity index (χ1) is 12.2. The molecule has 1 aliphatic rings. The third-order valence-electron chi connectivity index (χ3n) is 5.39. The molecule has 0 radical (unpaired) electrons. The Kier molecular flexibility index (Phi) is 6.82. The van der Waals surface area contributed by atoms with Crippen molar-refractivity contribution in [3.05, 3.63) is 28.3 Å². The summed E-state index contributed by atoms with van der Waals surface area (Å²) in [6.45, 7) is 9.73. The third kappa shape index (κ3) is 4.27. The fourth-order valence-electron chi connectivity index (χ4n) is 3.51.